The number of hydrogen-bond acceptors (Lipinski definition) is 7. The minimum atomic E-state index is -0.855. The molecule has 3 aromatic rings. The van der Waals surface area contributed by atoms with Gasteiger partial charge in [0, 0.05) is 12.1 Å². The molecule has 0 aliphatic carbocycles. The number of aromatic nitrogens is 3. The number of nitrogens with zero attached hydrogens (tertiary/aromatic N) is 3. The fraction of sp³-hybridized carbons (Fsp3) is 0.333. The van der Waals surface area contributed by atoms with Gasteiger partial charge >= 0.3 is 5.97 Å². The van der Waals surface area contributed by atoms with E-state index in [0.29, 0.717) is 28.8 Å². The van der Waals surface area contributed by atoms with Crippen LogP contribution in [0.4, 0.5) is 0 Å². The van der Waals surface area contributed by atoms with E-state index in [2.05, 4.69) is 10.2 Å². The Balaban J connectivity index is 1.61. The average Bonchev–Trinajstić information content (AvgIpc) is 3.36. The highest BCUT2D eigenvalue weighted by molar-refractivity contribution is 7.99. The SMILES string of the molecule is CCn1c(SCC(=O)O[C@@H](C)C(=O)c2cc(C)ccc2C)nnc1-c1ccco1. The number of carbonyl (C=O) groups is 2. The molecule has 0 amide bonds. The summed E-state index contributed by atoms with van der Waals surface area (Å²) in [4.78, 5) is 24.9. The first-order valence-electron chi connectivity index (χ1n) is 9.31. The van der Waals surface area contributed by atoms with Crippen molar-refractivity contribution in [3.8, 4) is 11.6 Å². The Morgan fingerprint density at radius 1 is 1.24 bits per heavy atom. The van der Waals surface area contributed by atoms with E-state index in [1.165, 1.54) is 11.8 Å². The Morgan fingerprint density at radius 2 is 2.03 bits per heavy atom. The number of hydrogen-bond donors (Lipinski definition) is 0. The number of ketones is 1. The second-order valence-electron chi connectivity index (χ2n) is 6.63. The van der Waals surface area contributed by atoms with Gasteiger partial charge in [0.1, 0.15) is 0 Å². The average molecular weight is 413 g/mol. The number of aryl methyl sites for hydroxylation is 2. The summed E-state index contributed by atoms with van der Waals surface area (Å²) in [6, 6.07) is 9.24. The van der Waals surface area contributed by atoms with Gasteiger partial charge in [0.15, 0.2) is 22.8 Å². The summed E-state index contributed by atoms with van der Waals surface area (Å²) < 4.78 is 12.6. The van der Waals surface area contributed by atoms with Gasteiger partial charge in [0.05, 0.1) is 12.0 Å². The molecule has 2 heterocycles. The smallest absolute Gasteiger partial charge is 0.317 e. The van der Waals surface area contributed by atoms with Crippen LogP contribution in [0.5, 0.6) is 0 Å². The van der Waals surface area contributed by atoms with Gasteiger partial charge in [0.2, 0.25) is 5.78 Å². The van der Waals surface area contributed by atoms with Crippen molar-refractivity contribution in [2.45, 2.75) is 45.5 Å². The lowest BCUT2D eigenvalue weighted by Gasteiger charge is -2.14. The van der Waals surface area contributed by atoms with E-state index in [1.54, 1.807) is 25.3 Å². The molecule has 1 aromatic carbocycles. The van der Waals surface area contributed by atoms with E-state index < -0.39 is 12.1 Å². The highest BCUT2D eigenvalue weighted by Gasteiger charge is 2.22. The van der Waals surface area contributed by atoms with Gasteiger partial charge in [-0.25, -0.2) is 0 Å². The molecule has 0 fully saturated rings. The Morgan fingerprint density at radius 3 is 2.72 bits per heavy atom. The van der Waals surface area contributed by atoms with Gasteiger partial charge < -0.3 is 9.15 Å². The lowest BCUT2D eigenvalue weighted by Crippen LogP contribution is -2.26. The number of furan rings is 1. The monoisotopic (exact) mass is 413 g/mol. The predicted octanol–water partition coefficient (Wildman–Crippen LogP) is 4.08. The molecule has 0 saturated heterocycles. The second-order valence-corrected chi connectivity index (χ2v) is 7.57. The number of thioether (sulfide) groups is 1. The van der Waals surface area contributed by atoms with Crippen LogP contribution in [-0.4, -0.2) is 38.4 Å². The molecule has 0 saturated carbocycles. The van der Waals surface area contributed by atoms with Crippen LogP contribution in [0.2, 0.25) is 0 Å². The molecule has 0 aliphatic heterocycles. The van der Waals surface area contributed by atoms with Crippen molar-refractivity contribution in [2.24, 2.45) is 0 Å². The van der Waals surface area contributed by atoms with Gasteiger partial charge in [-0.1, -0.05) is 29.5 Å². The number of Topliss-reactive ketones (excluding diaryl/α,β-unsaturated/α-hetero) is 1. The zero-order valence-electron chi connectivity index (χ0n) is 16.8. The van der Waals surface area contributed by atoms with Crippen LogP contribution in [0, 0.1) is 13.8 Å². The fourth-order valence-electron chi connectivity index (χ4n) is 2.90. The number of carbonyl (C=O) groups excluding carboxylic acids is 2. The zero-order valence-corrected chi connectivity index (χ0v) is 17.7. The molecule has 0 radical (unpaired) electrons. The van der Waals surface area contributed by atoms with Crippen molar-refractivity contribution < 1.29 is 18.7 Å². The normalized spacial score (nSPS) is 12.0. The van der Waals surface area contributed by atoms with Crippen LogP contribution in [0.1, 0.15) is 35.3 Å². The van der Waals surface area contributed by atoms with Crippen LogP contribution in [0.3, 0.4) is 0 Å². The molecule has 3 rings (SSSR count). The Kier molecular flexibility index (Phi) is 6.53. The summed E-state index contributed by atoms with van der Waals surface area (Å²) in [7, 11) is 0. The summed E-state index contributed by atoms with van der Waals surface area (Å²) in [6.45, 7) is 7.97. The number of ether oxygens (including phenoxy) is 1. The highest BCUT2D eigenvalue weighted by atomic mass is 32.2. The lowest BCUT2D eigenvalue weighted by atomic mass is 9.99. The van der Waals surface area contributed by atoms with E-state index in [9.17, 15) is 9.59 Å². The van der Waals surface area contributed by atoms with Gasteiger partial charge in [-0.3, -0.25) is 14.2 Å². The molecule has 0 aliphatic rings. The summed E-state index contributed by atoms with van der Waals surface area (Å²) in [5.41, 5.74) is 2.42. The van der Waals surface area contributed by atoms with Crippen molar-refractivity contribution in [1.29, 1.82) is 0 Å². The third kappa shape index (κ3) is 4.76. The first-order chi connectivity index (χ1) is 13.9. The van der Waals surface area contributed by atoms with Crippen LogP contribution < -0.4 is 0 Å². The third-order valence-corrected chi connectivity index (χ3v) is 5.37. The fourth-order valence-corrected chi connectivity index (χ4v) is 3.68. The molecule has 0 bridgehead atoms. The highest BCUT2D eigenvalue weighted by Crippen LogP contribution is 2.24. The van der Waals surface area contributed by atoms with Crippen molar-refractivity contribution in [3.05, 3.63) is 53.3 Å². The van der Waals surface area contributed by atoms with Crippen LogP contribution in [-0.2, 0) is 16.1 Å². The van der Waals surface area contributed by atoms with Crippen LogP contribution in [0.15, 0.2) is 46.2 Å². The van der Waals surface area contributed by atoms with Crippen LogP contribution in [0.25, 0.3) is 11.6 Å². The van der Waals surface area contributed by atoms with E-state index >= 15 is 0 Å². The maximum Gasteiger partial charge on any atom is 0.317 e. The minimum absolute atomic E-state index is 0.0285. The largest absolute Gasteiger partial charge is 0.461 e. The molecular formula is C21H23N3O4S. The molecule has 7 nitrogen and oxygen atoms in total. The van der Waals surface area contributed by atoms with Crippen LogP contribution >= 0.6 is 11.8 Å². The second kappa shape index (κ2) is 9.09. The maximum absolute atomic E-state index is 12.6. The summed E-state index contributed by atoms with van der Waals surface area (Å²) in [5, 5.41) is 8.87. The molecule has 0 N–H and O–H groups in total. The standard InChI is InChI=1S/C21H23N3O4S/c1-5-24-20(17-7-6-10-27-17)22-23-21(24)29-12-18(25)28-15(4)19(26)16-11-13(2)8-9-14(16)3/h6-11,15H,5,12H2,1-4H3/t15-/m0/s1. The van der Waals surface area contributed by atoms with Crippen molar-refractivity contribution >= 4 is 23.5 Å². The third-order valence-electron chi connectivity index (χ3n) is 4.43. The Bertz CT molecular complexity index is 1010. The molecule has 152 valence electrons. The molecule has 0 unspecified atom stereocenters. The van der Waals surface area contributed by atoms with E-state index in [4.69, 9.17) is 9.15 Å². The van der Waals surface area contributed by atoms with Crippen molar-refractivity contribution in [2.75, 3.05) is 5.75 Å². The van der Waals surface area contributed by atoms with E-state index in [1.807, 2.05) is 43.5 Å². The predicted molar refractivity (Wildman–Crippen MR) is 110 cm³/mol. The molecule has 8 heteroatoms. The molecule has 2 aromatic heterocycles. The van der Waals surface area contributed by atoms with E-state index in [0.717, 1.165) is 11.1 Å². The quantitative estimate of drug-likeness (QED) is 0.312. The summed E-state index contributed by atoms with van der Waals surface area (Å²) in [5.74, 6) is 0.557. The van der Waals surface area contributed by atoms with Gasteiger partial charge in [-0.2, -0.15) is 0 Å². The van der Waals surface area contributed by atoms with Crippen molar-refractivity contribution in [3.63, 3.8) is 0 Å². The Hall–Kier alpha value is -2.87. The topological polar surface area (TPSA) is 87.2 Å². The van der Waals surface area contributed by atoms with Gasteiger partial charge in [-0.05, 0) is 51.5 Å². The van der Waals surface area contributed by atoms with Gasteiger partial charge in [0.25, 0.3) is 0 Å². The molecule has 1 atom stereocenters. The molecular weight excluding hydrogens is 390 g/mol. The van der Waals surface area contributed by atoms with Gasteiger partial charge in [-0.15, -0.1) is 10.2 Å². The zero-order chi connectivity index (χ0) is 21.0. The van der Waals surface area contributed by atoms with Crippen molar-refractivity contribution in [1.82, 2.24) is 14.8 Å². The number of rotatable bonds is 8. The summed E-state index contributed by atoms with van der Waals surface area (Å²) >= 11 is 1.21. The lowest BCUT2D eigenvalue weighted by molar-refractivity contribution is -0.143. The molecule has 0 spiro atoms. The number of benzene rings is 1. The number of esters is 1. The summed E-state index contributed by atoms with van der Waals surface area (Å²) in [6.07, 6.45) is 0.717. The minimum Gasteiger partial charge on any atom is -0.461 e. The first kappa shape index (κ1) is 20.9. The Labute approximate surface area is 173 Å². The van der Waals surface area contributed by atoms with E-state index in [-0.39, 0.29) is 11.5 Å². The molecule has 29 heavy (non-hydrogen) atoms. The maximum atomic E-state index is 12.6. The first-order valence-corrected chi connectivity index (χ1v) is 10.3.